The van der Waals surface area contributed by atoms with Crippen molar-refractivity contribution in [2.75, 3.05) is 18.9 Å². The maximum atomic E-state index is 15.6. The smallest absolute Gasteiger partial charge is 0.394 e. The fourth-order valence-corrected chi connectivity index (χ4v) is 6.64. The number of imidazole rings is 2. The second-order valence-electron chi connectivity index (χ2n) is 9.99. The lowest BCUT2D eigenvalue weighted by Crippen LogP contribution is -2.41. The highest BCUT2D eigenvalue weighted by Gasteiger charge is 2.52. The van der Waals surface area contributed by atoms with Crippen molar-refractivity contribution >= 4 is 44.8 Å². The van der Waals surface area contributed by atoms with E-state index in [2.05, 4.69) is 30.2 Å². The number of hydrogen-bond acceptors (Lipinski definition) is 18. The number of alkyl halides is 1. The van der Waals surface area contributed by atoms with Gasteiger partial charge in [-0.15, -0.1) is 0 Å². The first-order valence-electron chi connectivity index (χ1n) is 13.0. The summed E-state index contributed by atoms with van der Waals surface area (Å²) in [6, 6.07) is 0. The van der Waals surface area contributed by atoms with Crippen molar-refractivity contribution < 1.29 is 56.6 Å². The van der Waals surface area contributed by atoms with Gasteiger partial charge in [0.2, 0.25) is 0 Å². The molecule has 2 saturated heterocycles. The van der Waals surface area contributed by atoms with Crippen LogP contribution in [0.5, 0.6) is 0 Å². The minimum Gasteiger partial charge on any atom is -0.394 e. The molecule has 0 spiro atoms. The van der Waals surface area contributed by atoms with Crippen LogP contribution in [0.15, 0.2) is 24.0 Å². The first kappa shape index (κ1) is 31.8. The molecule has 0 radical (unpaired) electrons. The number of anilines is 1. The number of hydrogen-bond donors (Lipinski definition) is 8. The molecule has 3 aromatic heterocycles. The lowest BCUT2D eigenvalue weighted by Gasteiger charge is -2.26. The van der Waals surface area contributed by atoms with E-state index < -0.39 is 84.6 Å². The monoisotopic (exact) mass is 679 g/mol. The van der Waals surface area contributed by atoms with Crippen molar-refractivity contribution in [1.82, 2.24) is 34.4 Å². The summed E-state index contributed by atoms with van der Waals surface area (Å²) in [5.74, 6) is 0.0319. The number of nitrogen functional groups attached to an aromatic ring is 1. The molecule has 0 aromatic carbocycles. The largest absolute Gasteiger partial charge is 0.472 e. The van der Waals surface area contributed by atoms with Crippen LogP contribution in [0.25, 0.3) is 11.2 Å². The number of halogens is 1. The van der Waals surface area contributed by atoms with E-state index in [0.29, 0.717) is 0 Å². The van der Waals surface area contributed by atoms with Crippen LogP contribution in [0.2, 0.25) is 0 Å². The molecule has 25 heteroatoms. The van der Waals surface area contributed by atoms with Gasteiger partial charge in [0, 0.05) is 0 Å². The van der Waals surface area contributed by atoms with E-state index in [-0.39, 0.29) is 34.5 Å². The highest BCUT2D eigenvalue weighted by molar-refractivity contribution is 7.47. The molecule has 3 aliphatic heterocycles. The van der Waals surface area contributed by atoms with Crippen molar-refractivity contribution in [3.8, 4) is 0 Å². The van der Waals surface area contributed by atoms with Crippen molar-refractivity contribution in [3.63, 3.8) is 0 Å². The molecule has 11 N–H and O–H groups in total. The molecule has 2 fully saturated rings. The number of rotatable bonds is 10. The van der Waals surface area contributed by atoms with E-state index in [9.17, 15) is 29.1 Å². The van der Waals surface area contributed by atoms with Crippen LogP contribution < -0.4 is 22.5 Å². The number of phosphoric ester groups is 1. The van der Waals surface area contributed by atoms with Gasteiger partial charge in [-0.1, -0.05) is 0 Å². The second-order valence-corrected chi connectivity index (χ2v) is 12.2. The summed E-state index contributed by atoms with van der Waals surface area (Å²) in [4.78, 5) is 40.1. The molecule has 22 nitrogen and oxygen atoms in total. The molecule has 3 aliphatic rings. The lowest BCUT2D eigenvalue weighted by molar-refractivity contribution is -0.0594. The van der Waals surface area contributed by atoms with Crippen LogP contribution in [0.1, 0.15) is 24.3 Å². The Labute approximate surface area is 251 Å². The molecule has 45 heavy (non-hydrogen) atoms. The topological polar surface area (TPSA) is 325 Å². The highest BCUT2D eigenvalue weighted by atomic mass is 31.2. The summed E-state index contributed by atoms with van der Waals surface area (Å²) >= 11 is 0. The fourth-order valence-electron chi connectivity index (χ4n) is 5.19. The number of aromatic nitrogens is 6. The maximum absolute atomic E-state index is 15.6. The summed E-state index contributed by atoms with van der Waals surface area (Å²) in [6.07, 6.45) is -10.3. The number of fused-ring (bicyclic) bond motifs is 2. The highest BCUT2D eigenvalue weighted by Crippen LogP contribution is 2.51. The predicted molar refractivity (Wildman–Crippen MR) is 146 cm³/mol. The maximum Gasteiger partial charge on any atom is 0.472 e. The predicted octanol–water partition coefficient (Wildman–Crippen LogP) is -2.43. The first-order chi connectivity index (χ1) is 21.4. The summed E-state index contributed by atoms with van der Waals surface area (Å²) in [7, 11) is -8.90. The number of nitrogens with one attached hydrogen (secondary N) is 1. The van der Waals surface area contributed by atoms with Crippen LogP contribution in [0, 0.1) is 0 Å². The average Bonchev–Trinajstić information content (AvgIpc) is 3.73. The van der Waals surface area contributed by atoms with Gasteiger partial charge < -0.3 is 56.5 Å². The Balaban J connectivity index is 1.21. The van der Waals surface area contributed by atoms with Crippen LogP contribution in [0.4, 0.5) is 16.0 Å². The number of ether oxygens (including phenoxy) is 2. The summed E-state index contributed by atoms with van der Waals surface area (Å²) in [5, 5.41) is 23.2. The van der Waals surface area contributed by atoms with E-state index >= 15 is 4.39 Å². The van der Waals surface area contributed by atoms with E-state index in [0.717, 1.165) is 17.2 Å². The molecule has 3 aromatic rings. The van der Waals surface area contributed by atoms with Gasteiger partial charge in [-0.2, -0.15) is 4.99 Å². The Morgan fingerprint density at radius 2 is 1.84 bits per heavy atom. The van der Waals surface area contributed by atoms with Crippen LogP contribution in [0.3, 0.4) is 0 Å². The molecule has 0 bridgehead atoms. The zero-order valence-corrected chi connectivity index (χ0v) is 24.6. The van der Waals surface area contributed by atoms with Gasteiger partial charge in [0.15, 0.2) is 41.9 Å². The number of aliphatic hydroxyl groups is 2. The van der Waals surface area contributed by atoms with Gasteiger partial charge in [-0.05, 0) is 0 Å². The second kappa shape index (κ2) is 12.2. The van der Waals surface area contributed by atoms with Crippen molar-refractivity contribution in [1.29, 1.82) is 0 Å². The van der Waals surface area contributed by atoms with E-state index in [1.165, 1.54) is 10.9 Å². The number of nitrogens with zero attached hydrogens (tertiary/aromatic N) is 7. The molecule has 7 unspecified atom stereocenters. The molecule has 0 saturated carbocycles. The normalized spacial score (nSPS) is 33.5. The SMILES string of the molecule is NC1=Nc2c(ncn2[C@@H]2O[C@H](CO)C(O)C2OP(=O)(O)OC[C@H]2O[C@@H](n3cnc4c(N)ncnc43)C(F)C2O[PH](=O)O)C(N)N1. The third-order valence-corrected chi connectivity index (χ3v) is 8.67. The Hall–Kier alpha value is -3.18. The molecule has 6 heterocycles. The number of phosphoric acid groups is 1. The van der Waals surface area contributed by atoms with Gasteiger partial charge in [0.1, 0.15) is 54.2 Å². The third-order valence-electron chi connectivity index (χ3n) is 7.21. The van der Waals surface area contributed by atoms with Gasteiger partial charge in [0.25, 0.3) is 0 Å². The fraction of sp³-hybridized carbons (Fsp3) is 0.550. The number of aliphatic hydroxyl groups excluding tert-OH is 2. The number of nitrogens with two attached hydrogens (primary N) is 3. The summed E-state index contributed by atoms with van der Waals surface area (Å²) in [6.45, 7) is -1.60. The summed E-state index contributed by atoms with van der Waals surface area (Å²) in [5.41, 5.74) is 18.0. The molecule has 11 atom stereocenters. The van der Waals surface area contributed by atoms with E-state index in [1.807, 2.05) is 0 Å². The first-order valence-corrected chi connectivity index (χ1v) is 15.8. The van der Waals surface area contributed by atoms with Crippen molar-refractivity contribution in [2.24, 2.45) is 16.5 Å². The summed E-state index contributed by atoms with van der Waals surface area (Å²) < 4.78 is 69.2. The third kappa shape index (κ3) is 5.93. The molecule has 0 amide bonds. The molecular weight excluding hydrogens is 651 g/mol. The van der Waals surface area contributed by atoms with E-state index in [4.69, 9.17) is 40.2 Å². The number of guanidine groups is 1. The molecular formula is C20H28FN11O11P2. The quantitative estimate of drug-likeness (QED) is 0.103. The molecule has 6 rings (SSSR count). The minimum atomic E-state index is -5.17. The average molecular weight is 679 g/mol. The lowest BCUT2D eigenvalue weighted by atomic mass is 10.1. The number of aliphatic imine (C=N–C) groups is 1. The Bertz CT molecular complexity index is 1680. The van der Waals surface area contributed by atoms with E-state index in [1.54, 1.807) is 0 Å². The Kier molecular flexibility index (Phi) is 8.62. The minimum absolute atomic E-state index is 0.00410. The van der Waals surface area contributed by atoms with Gasteiger partial charge in [-0.3, -0.25) is 22.7 Å². The van der Waals surface area contributed by atoms with Gasteiger partial charge in [-0.25, -0.2) is 28.9 Å². The van der Waals surface area contributed by atoms with Gasteiger partial charge in [0.05, 0.1) is 25.9 Å². The van der Waals surface area contributed by atoms with Crippen molar-refractivity contribution in [3.05, 3.63) is 24.7 Å². The van der Waals surface area contributed by atoms with Crippen molar-refractivity contribution in [2.45, 2.75) is 55.3 Å². The Morgan fingerprint density at radius 3 is 2.58 bits per heavy atom. The molecule has 0 aliphatic carbocycles. The zero-order chi connectivity index (χ0) is 32.2. The molecule has 246 valence electrons. The standard InChI is InChI=1S/C20H28FN11O11P2/c21-8-12(42-44(35)36)7(41-18(8)31-4-27-9-14(22)25-3-26-16(9)31)2-39-45(37,38)43-13-11(34)6(1-33)40-19(13)32-5-28-10-15(23)29-20(24)30-17(10)32/h3-8,11-13,15,18-19,33-34,44H,1-2,23H2,(H,35,36)(H,37,38)(H2,22,25,26)(H3,24,29,30)/t6-,7-,8?,11?,12?,13?,15?,18-,19-/m1/s1. The van der Waals surface area contributed by atoms with Crippen LogP contribution >= 0.6 is 16.1 Å². The van der Waals surface area contributed by atoms with Gasteiger partial charge >= 0.3 is 16.1 Å². The van der Waals surface area contributed by atoms with Crippen LogP contribution in [-0.4, -0.2) is 105 Å². The Morgan fingerprint density at radius 1 is 1.11 bits per heavy atom. The zero-order valence-electron chi connectivity index (χ0n) is 22.7. The van der Waals surface area contributed by atoms with Crippen LogP contribution in [-0.2, 0) is 32.2 Å².